The van der Waals surface area contributed by atoms with Gasteiger partial charge in [0.15, 0.2) is 0 Å². The van der Waals surface area contributed by atoms with Gasteiger partial charge in [-0.25, -0.2) is 0 Å². The molecule has 0 rings (SSSR count). The van der Waals surface area contributed by atoms with Crippen molar-refractivity contribution in [2.24, 2.45) is 0 Å². The van der Waals surface area contributed by atoms with E-state index < -0.39 is 18.5 Å². The largest absolute Gasteiger partial charge is 0.546 e. The summed E-state index contributed by atoms with van der Waals surface area (Å²) in [4.78, 5) is 20.1. The van der Waals surface area contributed by atoms with Crippen LogP contribution in [-0.4, -0.2) is 24.3 Å². The van der Waals surface area contributed by atoms with Crippen LogP contribution in [0, 0.1) is 0 Å². The van der Waals surface area contributed by atoms with Gasteiger partial charge in [-0.15, -0.1) is 0 Å². The van der Waals surface area contributed by atoms with Gasteiger partial charge in [0.2, 0.25) is 0 Å². The van der Waals surface area contributed by atoms with E-state index in [0.29, 0.717) is 5.75 Å². The molecule has 0 aliphatic heterocycles. The molecule has 0 aliphatic rings. The van der Waals surface area contributed by atoms with Gasteiger partial charge in [-0.1, -0.05) is 0 Å². The molecule has 5 heteroatoms. The summed E-state index contributed by atoms with van der Waals surface area (Å²) in [6.45, 7) is -0.674. The first kappa shape index (κ1) is 9.29. The molecule has 0 fully saturated rings. The summed E-state index contributed by atoms with van der Waals surface area (Å²) in [6.07, 6.45) is 0.121. The highest BCUT2D eigenvalue weighted by Gasteiger charge is 1.98. The smallest absolute Gasteiger partial charge is 0.306 e. The van der Waals surface area contributed by atoms with E-state index in [0.717, 1.165) is 0 Å². The van der Waals surface area contributed by atoms with Gasteiger partial charge < -0.3 is 14.6 Å². The molecule has 0 amide bonds. The Bertz CT molecular complexity index is 134. The molecule has 0 unspecified atom stereocenters. The Balaban J connectivity index is 3.30. The van der Waals surface area contributed by atoms with Gasteiger partial charge in [0.05, 0.1) is 12.4 Å². The van der Waals surface area contributed by atoms with Crippen LogP contribution in [0.4, 0.5) is 0 Å². The molecule has 4 nitrogen and oxygen atoms in total. The Morgan fingerprint density at radius 3 is 2.50 bits per heavy atom. The number of carbonyl (C=O) groups is 2. The van der Waals surface area contributed by atoms with Gasteiger partial charge in [-0.05, 0) is 0 Å². The van der Waals surface area contributed by atoms with Crippen molar-refractivity contribution >= 4 is 24.6 Å². The summed E-state index contributed by atoms with van der Waals surface area (Å²) in [6, 6.07) is 0. The Hall–Kier alpha value is -0.710. The number of carboxylic acids is 1. The lowest BCUT2D eigenvalue weighted by molar-refractivity contribution is -0.308. The Morgan fingerprint density at radius 1 is 1.50 bits per heavy atom. The monoisotopic (exact) mass is 163 g/mol. The molecule has 0 aromatic heterocycles. The summed E-state index contributed by atoms with van der Waals surface area (Å²) in [5.41, 5.74) is 0. The third kappa shape index (κ3) is 5.43. The van der Waals surface area contributed by atoms with Crippen molar-refractivity contribution in [3.8, 4) is 0 Å². The highest BCUT2D eigenvalue weighted by molar-refractivity contribution is 7.80. The number of carboxylic acid groups (broad SMARTS) is 1. The molecule has 0 N–H and O–H groups in total. The third-order valence-corrected chi connectivity index (χ3v) is 0.891. The van der Waals surface area contributed by atoms with Crippen molar-refractivity contribution in [2.45, 2.75) is 6.42 Å². The maximum absolute atomic E-state index is 10.4. The van der Waals surface area contributed by atoms with Gasteiger partial charge in [-0.2, -0.15) is 12.6 Å². The fourth-order valence-electron chi connectivity index (χ4n) is 0.303. The molecule has 0 heterocycles. The lowest BCUT2D eigenvalue weighted by atomic mass is 10.5. The summed E-state index contributed by atoms with van der Waals surface area (Å²) in [5, 5.41) is 9.70. The van der Waals surface area contributed by atoms with Crippen LogP contribution in [0.1, 0.15) is 6.42 Å². The molecule has 0 radical (unpaired) electrons. The van der Waals surface area contributed by atoms with E-state index >= 15 is 0 Å². The van der Waals surface area contributed by atoms with Gasteiger partial charge in [0.25, 0.3) is 0 Å². The number of esters is 1. The van der Waals surface area contributed by atoms with Crippen molar-refractivity contribution in [2.75, 3.05) is 12.4 Å². The summed E-state index contributed by atoms with van der Waals surface area (Å²) < 4.78 is 4.19. The minimum Gasteiger partial charge on any atom is -0.546 e. The van der Waals surface area contributed by atoms with Gasteiger partial charge in [-0.3, -0.25) is 4.79 Å². The zero-order valence-electron chi connectivity index (χ0n) is 5.20. The number of thiol groups is 1. The van der Waals surface area contributed by atoms with E-state index in [1.165, 1.54) is 0 Å². The van der Waals surface area contributed by atoms with Crippen LogP contribution in [-0.2, 0) is 14.3 Å². The third-order valence-electron chi connectivity index (χ3n) is 0.667. The first-order valence-corrected chi connectivity index (χ1v) is 3.26. The topological polar surface area (TPSA) is 66.4 Å². The van der Waals surface area contributed by atoms with Crippen LogP contribution in [0.15, 0.2) is 0 Å². The van der Waals surface area contributed by atoms with Crippen molar-refractivity contribution < 1.29 is 19.4 Å². The van der Waals surface area contributed by atoms with E-state index in [-0.39, 0.29) is 6.42 Å². The Morgan fingerprint density at radius 2 is 2.10 bits per heavy atom. The minimum absolute atomic E-state index is 0.121. The lowest BCUT2D eigenvalue weighted by Gasteiger charge is -2.02. The minimum atomic E-state index is -1.40. The molecule has 0 atom stereocenters. The van der Waals surface area contributed by atoms with E-state index in [1.54, 1.807) is 0 Å². The number of hydrogen-bond donors (Lipinski definition) is 1. The van der Waals surface area contributed by atoms with Crippen molar-refractivity contribution in [1.29, 1.82) is 0 Å². The Labute approximate surface area is 63.6 Å². The molecule has 0 saturated carbocycles. The van der Waals surface area contributed by atoms with Crippen LogP contribution >= 0.6 is 12.6 Å². The van der Waals surface area contributed by atoms with Gasteiger partial charge in [0.1, 0.15) is 6.61 Å². The highest BCUT2D eigenvalue weighted by atomic mass is 32.1. The van der Waals surface area contributed by atoms with E-state index in [1.807, 2.05) is 0 Å². The number of hydrogen-bond acceptors (Lipinski definition) is 5. The summed E-state index contributed by atoms with van der Waals surface area (Å²) >= 11 is 3.74. The van der Waals surface area contributed by atoms with E-state index in [9.17, 15) is 14.7 Å². The zero-order chi connectivity index (χ0) is 7.98. The van der Waals surface area contributed by atoms with Crippen LogP contribution in [0.25, 0.3) is 0 Å². The molecule has 0 saturated heterocycles. The average molecular weight is 163 g/mol. The standard InChI is InChI=1S/C5H8O4S/c6-4(7)3-9-5(8)1-2-10/h10H,1-3H2,(H,6,7)/p-1. The van der Waals surface area contributed by atoms with E-state index in [2.05, 4.69) is 17.4 Å². The summed E-state index contributed by atoms with van der Waals surface area (Å²) in [5.74, 6) is -1.61. The predicted molar refractivity (Wildman–Crippen MR) is 34.4 cm³/mol. The van der Waals surface area contributed by atoms with Crippen LogP contribution < -0.4 is 5.11 Å². The normalized spacial score (nSPS) is 8.90. The Kier molecular flexibility index (Phi) is 4.74. The molecule has 0 spiro atoms. The molecular weight excluding hydrogens is 156 g/mol. The second-order valence-corrected chi connectivity index (χ2v) is 1.95. The maximum Gasteiger partial charge on any atom is 0.306 e. The van der Waals surface area contributed by atoms with Crippen LogP contribution in [0.3, 0.4) is 0 Å². The molecule has 0 aromatic rings. The van der Waals surface area contributed by atoms with E-state index in [4.69, 9.17) is 0 Å². The predicted octanol–water partition coefficient (Wildman–Crippen LogP) is -1.40. The number of ether oxygens (including phenoxy) is 1. The first-order valence-electron chi connectivity index (χ1n) is 2.63. The summed E-state index contributed by atoms with van der Waals surface area (Å²) in [7, 11) is 0. The first-order chi connectivity index (χ1) is 4.66. The lowest BCUT2D eigenvalue weighted by Crippen LogP contribution is -2.28. The average Bonchev–Trinajstić information content (AvgIpc) is 1.85. The number of rotatable bonds is 4. The van der Waals surface area contributed by atoms with Gasteiger partial charge in [0, 0.05) is 5.75 Å². The second kappa shape index (κ2) is 5.10. The molecule has 10 heavy (non-hydrogen) atoms. The second-order valence-electron chi connectivity index (χ2n) is 1.51. The maximum atomic E-state index is 10.4. The number of aliphatic carboxylic acids is 1. The van der Waals surface area contributed by atoms with Crippen molar-refractivity contribution in [1.82, 2.24) is 0 Å². The fourth-order valence-corrected chi connectivity index (χ4v) is 0.485. The quantitative estimate of drug-likeness (QED) is 0.409. The van der Waals surface area contributed by atoms with Crippen LogP contribution in [0.5, 0.6) is 0 Å². The van der Waals surface area contributed by atoms with Crippen molar-refractivity contribution in [3.05, 3.63) is 0 Å². The molecule has 0 aromatic carbocycles. The molecule has 0 bridgehead atoms. The number of carbonyl (C=O) groups excluding carboxylic acids is 2. The zero-order valence-corrected chi connectivity index (χ0v) is 6.10. The van der Waals surface area contributed by atoms with Crippen LogP contribution in [0.2, 0.25) is 0 Å². The SMILES string of the molecule is O=C([O-])COC(=O)CCS. The molecular formula is C5H7O4S-. The molecule has 0 aliphatic carbocycles. The van der Waals surface area contributed by atoms with Gasteiger partial charge >= 0.3 is 5.97 Å². The van der Waals surface area contributed by atoms with Crippen molar-refractivity contribution in [3.63, 3.8) is 0 Å². The highest BCUT2D eigenvalue weighted by Crippen LogP contribution is 1.87. The fraction of sp³-hybridized carbons (Fsp3) is 0.600. The molecule has 58 valence electrons.